The van der Waals surface area contributed by atoms with Crippen molar-refractivity contribution in [2.75, 3.05) is 19.4 Å². The number of rotatable bonds is 16. The first kappa shape index (κ1) is 23.1. The van der Waals surface area contributed by atoms with E-state index in [1.165, 1.54) is 44.9 Å². The third-order valence-corrected chi connectivity index (χ3v) is 6.72. The first-order chi connectivity index (χ1) is 10.9. The van der Waals surface area contributed by atoms with Crippen molar-refractivity contribution in [3.63, 3.8) is 0 Å². The van der Waals surface area contributed by atoms with E-state index < -0.39 is 12.9 Å². The number of ether oxygens (including phenoxy) is 2. The molecular formula is C18H39O4P. The Kier molecular flexibility index (Phi) is 13.5. The van der Waals surface area contributed by atoms with Gasteiger partial charge in [0.05, 0.1) is 0 Å². The third-order valence-electron chi connectivity index (χ3n) is 4.27. The van der Waals surface area contributed by atoms with Gasteiger partial charge in [-0.2, -0.15) is 0 Å². The van der Waals surface area contributed by atoms with Gasteiger partial charge in [-0.3, -0.25) is 4.57 Å². The highest BCUT2D eigenvalue weighted by molar-refractivity contribution is 7.59. The molecule has 1 N–H and O–H groups in total. The van der Waals surface area contributed by atoms with E-state index in [-0.39, 0.29) is 6.16 Å². The monoisotopic (exact) mass is 350 g/mol. The van der Waals surface area contributed by atoms with Crippen molar-refractivity contribution in [1.29, 1.82) is 0 Å². The quantitative estimate of drug-likeness (QED) is 0.213. The molecule has 140 valence electrons. The minimum atomic E-state index is -3.47. The maximum atomic E-state index is 12.6. The van der Waals surface area contributed by atoms with Crippen LogP contribution in [0.1, 0.15) is 91.9 Å². The van der Waals surface area contributed by atoms with Crippen LogP contribution in [0.25, 0.3) is 0 Å². The van der Waals surface area contributed by atoms with Gasteiger partial charge in [0.1, 0.15) is 0 Å². The summed E-state index contributed by atoms with van der Waals surface area (Å²) in [4.78, 5) is 10.3. The summed E-state index contributed by atoms with van der Waals surface area (Å²) < 4.78 is 23.4. The zero-order valence-corrected chi connectivity index (χ0v) is 16.7. The second-order valence-corrected chi connectivity index (χ2v) is 9.03. The maximum absolute atomic E-state index is 12.6. The molecule has 0 heterocycles. The Balaban J connectivity index is 3.86. The summed E-state index contributed by atoms with van der Waals surface area (Å²) in [6.07, 6.45) is 12.4. The Hall–Kier alpha value is 0.110. The molecule has 0 spiro atoms. The minimum Gasteiger partial charge on any atom is -0.342 e. The van der Waals surface area contributed by atoms with Crippen LogP contribution >= 0.6 is 7.37 Å². The molecule has 0 aromatic carbocycles. The van der Waals surface area contributed by atoms with E-state index in [1.807, 2.05) is 13.8 Å². The van der Waals surface area contributed by atoms with Gasteiger partial charge in [-0.25, -0.2) is 0 Å². The summed E-state index contributed by atoms with van der Waals surface area (Å²) in [6, 6.07) is 0. The highest BCUT2D eigenvalue weighted by atomic mass is 31.2. The van der Waals surface area contributed by atoms with Crippen LogP contribution in [0.2, 0.25) is 0 Å². The van der Waals surface area contributed by atoms with E-state index >= 15 is 0 Å². The highest BCUT2D eigenvalue weighted by Gasteiger charge is 2.44. The lowest BCUT2D eigenvalue weighted by Gasteiger charge is -2.33. The summed E-state index contributed by atoms with van der Waals surface area (Å²) in [6.45, 7) is 8.22. The van der Waals surface area contributed by atoms with E-state index in [0.717, 1.165) is 19.3 Å². The summed E-state index contributed by atoms with van der Waals surface area (Å²) in [5.41, 5.74) is -1.35. The van der Waals surface area contributed by atoms with Gasteiger partial charge < -0.3 is 14.4 Å². The molecule has 4 nitrogen and oxygen atoms in total. The normalized spacial score (nSPS) is 14.8. The Morgan fingerprint density at radius 1 is 0.783 bits per heavy atom. The third kappa shape index (κ3) is 9.86. The molecule has 0 aliphatic carbocycles. The molecule has 5 heteroatoms. The molecule has 1 atom stereocenters. The zero-order valence-electron chi connectivity index (χ0n) is 15.8. The van der Waals surface area contributed by atoms with Crippen LogP contribution in [0.15, 0.2) is 0 Å². The molecule has 0 aliphatic heterocycles. The molecule has 0 bridgehead atoms. The summed E-state index contributed by atoms with van der Waals surface area (Å²) in [5, 5.41) is 0. The largest absolute Gasteiger partial charge is 0.342 e. The molecule has 1 unspecified atom stereocenters. The van der Waals surface area contributed by atoms with E-state index in [1.54, 1.807) is 6.92 Å². The number of unbranched alkanes of at least 4 members (excludes halogenated alkanes) is 9. The van der Waals surface area contributed by atoms with Crippen LogP contribution in [-0.2, 0) is 14.0 Å². The molecule has 0 aromatic rings. The predicted molar refractivity (Wildman–Crippen MR) is 98.2 cm³/mol. The van der Waals surface area contributed by atoms with Gasteiger partial charge in [0.25, 0.3) is 7.37 Å². The Bertz CT molecular complexity index is 314. The van der Waals surface area contributed by atoms with Gasteiger partial charge in [0, 0.05) is 19.4 Å². The van der Waals surface area contributed by atoms with Crippen molar-refractivity contribution in [3.05, 3.63) is 0 Å². The van der Waals surface area contributed by atoms with Crippen molar-refractivity contribution in [2.45, 2.75) is 97.4 Å². The minimum absolute atomic E-state index is 0.278. The Labute approximate surface area is 143 Å². The smallest absolute Gasteiger partial charge is 0.258 e. The molecule has 0 fully saturated rings. The standard InChI is InChI=1S/C18H39O4P/c1-5-8-9-10-11-12-13-14-15-16-17-23(19,20)18(4,21-6-2)22-7-3/h5-17H2,1-4H3,(H,19,20). The van der Waals surface area contributed by atoms with Crippen LogP contribution in [0.3, 0.4) is 0 Å². The van der Waals surface area contributed by atoms with Crippen LogP contribution in [0, 0.1) is 0 Å². The lowest BCUT2D eigenvalue weighted by Crippen LogP contribution is -2.33. The van der Waals surface area contributed by atoms with Crippen molar-refractivity contribution in [2.24, 2.45) is 0 Å². The van der Waals surface area contributed by atoms with Gasteiger partial charge in [-0.05, 0) is 27.2 Å². The molecule has 0 aromatic heterocycles. The number of hydrogen-bond acceptors (Lipinski definition) is 3. The average molecular weight is 350 g/mol. The molecule has 0 saturated heterocycles. The molecule has 0 aliphatic rings. The van der Waals surface area contributed by atoms with E-state index in [0.29, 0.717) is 13.2 Å². The van der Waals surface area contributed by atoms with Crippen LogP contribution < -0.4 is 0 Å². The van der Waals surface area contributed by atoms with Crippen molar-refractivity contribution < 1.29 is 18.9 Å². The van der Waals surface area contributed by atoms with Crippen LogP contribution in [-0.4, -0.2) is 29.8 Å². The van der Waals surface area contributed by atoms with E-state index in [4.69, 9.17) is 9.47 Å². The fraction of sp³-hybridized carbons (Fsp3) is 1.00. The van der Waals surface area contributed by atoms with Crippen molar-refractivity contribution >= 4 is 7.37 Å². The van der Waals surface area contributed by atoms with Gasteiger partial charge in [-0.15, -0.1) is 0 Å². The number of hydrogen-bond donors (Lipinski definition) is 1. The summed E-state index contributed by atoms with van der Waals surface area (Å²) >= 11 is 0. The second-order valence-electron chi connectivity index (χ2n) is 6.37. The SMILES string of the molecule is CCCCCCCCCCCCP(=O)(O)C(C)(OCC)OCC. The van der Waals surface area contributed by atoms with Crippen LogP contribution in [0.5, 0.6) is 0 Å². The summed E-state index contributed by atoms with van der Waals surface area (Å²) in [7, 11) is -3.47. The Morgan fingerprint density at radius 3 is 1.57 bits per heavy atom. The first-order valence-corrected chi connectivity index (χ1v) is 11.4. The molecule has 23 heavy (non-hydrogen) atoms. The predicted octanol–water partition coefficient (Wildman–Crippen LogP) is 5.92. The maximum Gasteiger partial charge on any atom is 0.258 e. The van der Waals surface area contributed by atoms with Crippen molar-refractivity contribution in [3.8, 4) is 0 Å². The van der Waals surface area contributed by atoms with E-state index in [9.17, 15) is 9.46 Å². The highest BCUT2D eigenvalue weighted by Crippen LogP contribution is 2.56. The van der Waals surface area contributed by atoms with E-state index in [2.05, 4.69) is 6.92 Å². The fourth-order valence-electron chi connectivity index (χ4n) is 2.80. The molecule has 0 rings (SSSR count). The van der Waals surface area contributed by atoms with Gasteiger partial charge >= 0.3 is 0 Å². The summed E-state index contributed by atoms with van der Waals surface area (Å²) in [5.74, 6) is 0. The second kappa shape index (κ2) is 13.4. The first-order valence-electron chi connectivity index (χ1n) is 9.53. The zero-order chi connectivity index (χ0) is 17.6. The molecule has 0 amide bonds. The average Bonchev–Trinajstić information content (AvgIpc) is 2.49. The van der Waals surface area contributed by atoms with Gasteiger partial charge in [0.15, 0.2) is 0 Å². The molecule has 0 saturated carbocycles. The van der Waals surface area contributed by atoms with Crippen molar-refractivity contribution in [1.82, 2.24) is 0 Å². The lowest BCUT2D eigenvalue weighted by atomic mass is 10.1. The van der Waals surface area contributed by atoms with Gasteiger partial charge in [0.2, 0.25) is 5.53 Å². The molecular weight excluding hydrogens is 311 g/mol. The topological polar surface area (TPSA) is 55.8 Å². The molecule has 0 radical (unpaired) electrons. The Morgan fingerprint density at radius 2 is 1.17 bits per heavy atom. The fourth-order valence-corrected chi connectivity index (χ4v) is 4.52. The lowest BCUT2D eigenvalue weighted by molar-refractivity contribution is -0.166. The van der Waals surface area contributed by atoms with Gasteiger partial charge in [-0.1, -0.05) is 64.7 Å². The van der Waals surface area contributed by atoms with Crippen LogP contribution in [0.4, 0.5) is 0 Å².